The van der Waals surface area contributed by atoms with Crippen LogP contribution in [0.25, 0.3) is 0 Å². The highest BCUT2D eigenvalue weighted by atomic mass is 35.5. The van der Waals surface area contributed by atoms with E-state index in [0.29, 0.717) is 17.7 Å². The van der Waals surface area contributed by atoms with Gasteiger partial charge in [0.1, 0.15) is 18.3 Å². The molecule has 0 spiro atoms. The number of halogens is 2. The van der Waals surface area contributed by atoms with E-state index in [2.05, 4.69) is 5.32 Å². The molecule has 2 amide bonds. The second-order valence-electron chi connectivity index (χ2n) is 10.8. The summed E-state index contributed by atoms with van der Waals surface area (Å²) in [7, 11) is -2.77. The molecule has 0 aliphatic rings. The van der Waals surface area contributed by atoms with Crippen molar-refractivity contribution in [1.29, 1.82) is 0 Å². The van der Waals surface area contributed by atoms with Crippen molar-refractivity contribution in [2.24, 2.45) is 0 Å². The van der Waals surface area contributed by atoms with Gasteiger partial charge < -0.3 is 15.0 Å². The first-order valence-corrected chi connectivity index (χ1v) is 17.0. The smallest absolute Gasteiger partial charge is 0.264 e. The highest BCUT2D eigenvalue weighted by molar-refractivity contribution is 7.92. The van der Waals surface area contributed by atoms with Crippen LogP contribution in [-0.4, -0.2) is 50.9 Å². The summed E-state index contributed by atoms with van der Waals surface area (Å²) < 4.78 is 34.6. The molecule has 0 unspecified atom stereocenters. The Labute approximate surface area is 280 Å². The van der Waals surface area contributed by atoms with Crippen molar-refractivity contribution in [3.05, 3.63) is 124 Å². The summed E-state index contributed by atoms with van der Waals surface area (Å²) in [5.74, 6) is -0.390. The minimum atomic E-state index is -4.31. The van der Waals surface area contributed by atoms with Crippen LogP contribution < -0.4 is 14.4 Å². The molecule has 8 nitrogen and oxygen atoms in total. The molecule has 11 heteroatoms. The molecule has 0 saturated carbocycles. The lowest BCUT2D eigenvalue weighted by molar-refractivity contribution is -0.140. The Morgan fingerprint density at radius 2 is 1.52 bits per heavy atom. The Balaban J connectivity index is 1.84. The van der Waals surface area contributed by atoms with Gasteiger partial charge in [0.15, 0.2) is 0 Å². The second kappa shape index (κ2) is 16.0. The highest BCUT2D eigenvalue weighted by Crippen LogP contribution is 2.33. The molecule has 0 aliphatic heterocycles. The van der Waals surface area contributed by atoms with Crippen LogP contribution in [0, 0.1) is 0 Å². The van der Waals surface area contributed by atoms with Crippen molar-refractivity contribution in [2.45, 2.75) is 50.2 Å². The van der Waals surface area contributed by atoms with E-state index >= 15 is 0 Å². The molecule has 4 rings (SSSR count). The molecule has 46 heavy (non-hydrogen) atoms. The third kappa shape index (κ3) is 8.81. The van der Waals surface area contributed by atoms with Crippen molar-refractivity contribution >= 4 is 50.7 Å². The highest BCUT2D eigenvalue weighted by Gasteiger charge is 2.35. The Kier molecular flexibility index (Phi) is 12.1. The first-order valence-electron chi connectivity index (χ1n) is 14.8. The quantitative estimate of drug-likeness (QED) is 0.159. The fraction of sp³-hybridized carbons (Fsp3) is 0.257. The number of nitrogens with one attached hydrogen (secondary N) is 1. The van der Waals surface area contributed by atoms with Crippen molar-refractivity contribution in [3.8, 4) is 5.75 Å². The fourth-order valence-corrected chi connectivity index (χ4v) is 6.75. The summed E-state index contributed by atoms with van der Waals surface area (Å²) in [4.78, 5) is 29.9. The number of hydrogen-bond donors (Lipinski definition) is 1. The minimum Gasteiger partial charge on any atom is -0.497 e. The van der Waals surface area contributed by atoms with Crippen LogP contribution in [0.4, 0.5) is 5.69 Å². The van der Waals surface area contributed by atoms with Gasteiger partial charge in [0.05, 0.1) is 22.7 Å². The van der Waals surface area contributed by atoms with E-state index in [1.807, 2.05) is 50.2 Å². The number of rotatable bonds is 14. The number of benzene rings is 4. The number of sulfonamides is 1. The molecule has 1 N–H and O–H groups in total. The van der Waals surface area contributed by atoms with Gasteiger partial charge in [0.2, 0.25) is 11.8 Å². The van der Waals surface area contributed by atoms with E-state index in [-0.39, 0.29) is 45.5 Å². The standard InChI is InChI=1S/C35H37Cl2N3O5S/c1-4-25(2)38-35(42)33(21-26-12-7-5-8-13-26)39(23-27-14-11-15-29(20-27)45-3)34(41)24-40(32-22-28(36)18-19-31(32)37)46(43,44)30-16-9-6-10-17-30/h5-20,22,25,33H,4,21,23-24H2,1-3H3,(H,38,42)/t25-,33-/m0/s1. The summed E-state index contributed by atoms with van der Waals surface area (Å²) in [5.41, 5.74) is 1.57. The van der Waals surface area contributed by atoms with E-state index in [0.717, 1.165) is 9.87 Å². The van der Waals surface area contributed by atoms with Crippen LogP contribution in [0.2, 0.25) is 10.0 Å². The molecule has 0 fully saturated rings. The van der Waals surface area contributed by atoms with Gasteiger partial charge in [-0.15, -0.1) is 0 Å². The predicted molar refractivity (Wildman–Crippen MR) is 183 cm³/mol. The molecular formula is C35H37Cl2N3O5S. The molecule has 2 atom stereocenters. The van der Waals surface area contributed by atoms with Gasteiger partial charge in [-0.05, 0) is 66.9 Å². The van der Waals surface area contributed by atoms with E-state index in [9.17, 15) is 18.0 Å². The van der Waals surface area contributed by atoms with Crippen LogP contribution in [-0.2, 0) is 32.6 Å². The monoisotopic (exact) mass is 681 g/mol. The molecule has 0 aromatic heterocycles. The largest absolute Gasteiger partial charge is 0.497 e. The maximum absolute atomic E-state index is 14.6. The number of nitrogens with zero attached hydrogens (tertiary/aromatic N) is 2. The molecule has 4 aromatic rings. The van der Waals surface area contributed by atoms with Crippen LogP contribution >= 0.6 is 23.2 Å². The summed E-state index contributed by atoms with van der Waals surface area (Å²) in [5, 5.41) is 3.35. The summed E-state index contributed by atoms with van der Waals surface area (Å²) >= 11 is 12.8. The lowest BCUT2D eigenvalue weighted by Crippen LogP contribution is -2.54. The lowest BCUT2D eigenvalue weighted by Gasteiger charge is -2.34. The Morgan fingerprint density at radius 1 is 0.870 bits per heavy atom. The molecule has 0 saturated heterocycles. The number of carbonyl (C=O) groups excluding carboxylic acids is 2. The Hall–Kier alpha value is -4.05. The molecule has 242 valence electrons. The third-order valence-electron chi connectivity index (χ3n) is 7.55. The number of anilines is 1. The van der Waals surface area contributed by atoms with E-state index < -0.39 is 28.5 Å². The van der Waals surface area contributed by atoms with Gasteiger partial charge in [0.25, 0.3) is 10.0 Å². The summed E-state index contributed by atoms with van der Waals surface area (Å²) in [6.45, 7) is 3.20. The first-order chi connectivity index (χ1) is 22.0. The van der Waals surface area contributed by atoms with E-state index in [4.69, 9.17) is 27.9 Å². The van der Waals surface area contributed by atoms with Crippen molar-refractivity contribution in [2.75, 3.05) is 18.0 Å². The number of carbonyl (C=O) groups is 2. The van der Waals surface area contributed by atoms with E-state index in [1.165, 1.54) is 35.2 Å². The van der Waals surface area contributed by atoms with Crippen molar-refractivity contribution < 1.29 is 22.7 Å². The SMILES string of the molecule is CC[C@H](C)NC(=O)[C@H](Cc1ccccc1)N(Cc1cccc(OC)c1)C(=O)CN(c1cc(Cl)ccc1Cl)S(=O)(=O)c1ccccc1. The zero-order chi connectivity index (χ0) is 33.3. The summed E-state index contributed by atoms with van der Waals surface area (Å²) in [6.07, 6.45) is 0.881. The Morgan fingerprint density at radius 3 is 2.17 bits per heavy atom. The van der Waals surface area contributed by atoms with Crippen molar-refractivity contribution in [3.63, 3.8) is 0 Å². The topological polar surface area (TPSA) is 96.0 Å². The Bertz CT molecular complexity index is 1740. The number of ether oxygens (including phenoxy) is 1. The maximum atomic E-state index is 14.6. The molecule has 0 aliphatic carbocycles. The average Bonchev–Trinajstić information content (AvgIpc) is 3.07. The number of amides is 2. The van der Waals surface area contributed by atoms with Crippen LogP contribution in [0.1, 0.15) is 31.4 Å². The van der Waals surface area contributed by atoms with Gasteiger partial charge in [-0.2, -0.15) is 0 Å². The minimum absolute atomic E-state index is 0.00393. The first kappa shape index (κ1) is 34.8. The predicted octanol–water partition coefficient (Wildman–Crippen LogP) is 6.75. The zero-order valence-electron chi connectivity index (χ0n) is 25.9. The van der Waals surface area contributed by atoms with Gasteiger partial charge in [-0.3, -0.25) is 13.9 Å². The van der Waals surface area contributed by atoms with Crippen LogP contribution in [0.3, 0.4) is 0 Å². The molecule has 0 radical (unpaired) electrons. The number of methoxy groups -OCH3 is 1. The molecule has 0 heterocycles. The number of hydrogen-bond acceptors (Lipinski definition) is 5. The lowest BCUT2D eigenvalue weighted by atomic mass is 10.0. The van der Waals surface area contributed by atoms with Gasteiger partial charge in [-0.1, -0.05) is 90.8 Å². The summed E-state index contributed by atoms with van der Waals surface area (Å²) in [6, 6.07) is 27.6. The second-order valence-corrected chi connectivity index (χ2v) is 13.5. The third-order valence-corrected chi connectivity index (χ3v) is 9.87. The fourth-order valence-electron chi connectivity index (χ4n) is 4.87. The average molecular weight is 683 g/mol. The van der Waals surface area contributed by atoms with Gasteiger partial charge in [0, 0.05) is 24.0 Å². The van der Waals surface area contributed by atoms with Crippen LogP contribution in [0.15, 0.2) is 108 Å². The van der Waals surface area contributed by atoms with Crippen molar-refractivity contribution in [1.82, 2.24) is 10.2 Å². The zero-order valence-corrected chi connectivity index (χ0v) is 28.2. The molecular weight excluding hydrogens is 645 g/mol. The normalized spacial score (nSPS) is 12.5. The maximum Gasteiger partial charge on any atom is 0.264 e. The van der Waals surface area contributed by atoms with E-state index in [1.54, 1.807) is 43.5 Å². The van der Waals surface area contributed by atoms with Gasteiger partial charge in [-0.25, -0.2) is 8.42 Å². The van der Waals surface area contributed by atoms with Crippen LogP contribution in [0.5, 0.6) is 5.75 Å². The molecule has 4 aromatic carbocycles. The molecule has 0 bridgehead atoms. The van der Waals surface area contributed by atoms with Gasteiger partial charge >= 0.3 is 0 Å².